The van der Waals surface area contributed by atoms with Crippen LogP contribution in [0.25, 0.3) is 0 Å². The average molecular weight is 226 g/mol. The Hall–Kier alpha value is -1.26. The van der Waals surface area contributed by atoms with E-state index in [2.05, 4.69) is 15.6 Å². The highest BCUT2D eigenvalue weighted by atomic mass is 16.2. The summed E-state index contributed by atoms with van der Waals surface area (Å²) < 4.78 is 0. The highest BCUT2D eigenvalue weighted by Crippen LogP contribution is 2.10. The molecule has 0 spiro atoms. The first-order valence-electron chi connectivity index (χ1n) is 5.96. The molecule has 0 aromatic rings. The molecular formula is C11H22N4O. The highest BCUT2D eigenvalue weighted by Gasteiger charge is 2.25. The number of aliphatic imine (C=N–C) groups is 1. The second-order valence-corrected chi connectivity index (χ2v) is 3.93. The zero-order valence-electron chi connectivity index (χ0n) is 10.4. The maximum Gasteiger partial charge on any atom is 0.222 e. The number of hydrogen-bond donors (Lipinski definition) is 2. The smallest absolute Gasteiger partial charge is 0.222 e. The topological polar surface area (TPSA) is 56.7 Å². The largest absolute Gasteiger partial charge is 0.357 e. The molecule has 16 heavy (non-hydrogen) atoms. The van der Waals surface area contributed by atoms with Crippen molar-refractivity contribution < 1.29 is 4.79 Å². The molecule has 92 valence electrons. The van der Waals surface area contributed by atoms with Crippen molar-refractivity contribution in [3.8, 4) is 0 Å². The van der Waals surface area contributed by atoms with Crippen LogP contribution in [-0.2, 0) is 4.79 Å². The van der Waals surface area contributed by atoms with Crippen LogP contribution in [-0.4, -0.2) is 49.5 Å². The SMILES string of the molecule is CCNC(=NC)NC1CCN(C(=O)CC)C1. The van der Waals surface area contributed by atoms with Gasteiger partial charge in [-0.1, -0.05) is 6.92 Å². The van der Waals surface area contributed by atoms with E-state index in [-0.39, 0.29) is 5.91 Å². The van der Waals surface area contributed by atoms with Gasteiger partial charge >= 0.3 is 0 Å². The Morgan fingerprint density at radius 3 is 2.81 bits per heavy atom. The molecule has 1 heterocycles. The van der Waals surface area contributed by atoms with Crippen LogP contribution >= 0.6 is 0 Å². The lowest BCUT2D eigenvalue weighted by molar-refractivity contribution is -0.129. The van der Waals surface area contributed by atoms with Crippen molar-refractivity contribution in [3.05, 3.63) is 0 Å². The Morgan fingerprint density at radius 1 is 1.50 bits per heavy atom. The second kappa shape index (κ2) is 6.35. The first-order valence-corrected chi connectivity index (χ1v) is 5.96. The molecule has 1 fully saturated rings. The average Bonchev–Trinajstić information content (AvgIpc) is 2.76. The van der Waals surface area contributed by atoms with Gasteiger partial charge in [-0.05, 0) is 13.3 Å². The van der Waals surface area contributed by atoms with Gasteiger partial charge in [0.1, 0.15) is 0 Å². The number of amides is 1. The Morgan fingerprint density at radius 2 is 2.25 bits per heavy atom. The summed E-state index contributed by atoms with van der Waals surface area (Å²) in [5.74, 6) is 1.06. The molecule has 1 unspecified atom stereocenters. The van der Waals surface area contributed by atoms with E-state index in [1.54, 1.807) is 7.05 Å². The summed E-state index contributed by atoms with van der Waals surface area (Å²) in [4.78, 5) is 17.5. The van der Waals surface area contributed by atoms with E-state index >= 15 is 0 Å². The zero-order chi connectivity index (χ0) is 12.0. The van der Waals surface area contributed by atoms with Gasteiger partial charge in [0.25, 0.3) is 0 Å². The minimum atomic E-state index is 0.239. The Balaban J connectivity index is 2.38. The fourth-order valence-corrected chi connectivity index (χ4v) is 1.88. The fourth-order valence-electron chi connectivity index (χ4n) is 1.88. The predicted molar refractivity (Wildman–Crippen MR) is 65.4 cm³/mol. The summed E-state index contributed by atoms with van der Waals surface area (Å²) in [6, 6.07) is 0.327. The van der Waals surface area contributed by atoms with E-state index in [1.165, 1.54) is 0 Å². The minimum absolute atomic E-state index is 0.239. The van der Waals surface area contributed by atoms with Gasteiger partial charge < -0.3 is 15.5 Å². The summed E-state index contributed by atoms with van der Waals surface area (Å²) in [5.41, 5.74) is 0. The van der Waals surface area contributed by atoms with Gasteiger partial charge in [-0.3, -0.25) is 9.79 Å². The third kappa shape index (κ3) is 3.40. The molecule has 2 N–H and O–H groups in total. The van der Waals surface area contributed by atoms with Crippen molar-refractivity contribution in [2.45, 2.75) is 32.7 Å². The van der Waals surface area contributed by atoms with E-state index in [1.807, 2.05) is 18.7 Å². The van der Waals surface area contributed by atoms with Gasteiger partial charge in [-0.25, -0.2) is 0 Å². The van der Waals surface area contributed by atoms with Gasteiger partial charge in [-0.15, -0.1) is 0 Å². The van der Waals surface area contributed by atoms with Crippen LogP contribution in [0.4, 0.5) is 0 Å². The van der Waals surface area contributed by atoms with Crippen LogP contribution in [0.5, 0.6) is 0 Å². The van der Waals surface area contributed by atoms with Crippen LogP contribution in [0.2, 0.25) is 0 Å². The molecule has 0 aromatic heterocycles. The monoisotopic (exact) mass is 226 g/mol. The van der Waals surface area contributed by atoms with Gasteiger partial charge in [0.15, 0.2) is 5.96 Å². The predicted octanol–water partition coefficient (Wildman–Crippen LogP) is 0.182. The molecule has 1 aliphatic rings. The number of nitrogens with zero attached hydrogens (tertiary/aromatic N) is 2. The number of carbonyl (C=O) groups is 1. The van der Waals surface area contributed by atoms with Crippen LogP contribution in [0, 0.1) is 0 Å². The first-order chi connectivity index (χ1) is 7.71. The quantitative estimate of drug-likeness (QED) is 0.533. The van der Waals surface area contributed by atoms with Gasteiger partial charge in [-0.2, -0.15) is 0 Å². The molecule has 5 nitrogen and oxygen atoms in total. The molecular weight excluding hydrogens is 204 g/mol. The molecule has 1 amide bonds. The molecule has 0 aliphatic carbocycles. The molecule has 1 rings (SSSR count). The molecule has 0 radical (unpaired) electrons. The van der Waals surface area contributed by atoms with Gasteiger partial charge in [0.2, 0.25) is 5.91 Å². The van der Waals surface area contributed by atoms with Crippen molar-refractivity contribution in [2.75, 3.05) is 26.7 Å². The van der Waals surface area contributed by atoms with Crippen molar-refractivity contribution >= 4 is 11.9 Å². The lowest BCUT2D eigenvalue weighted by Crippen LogP contribution is -2.44. The lowest BCUT2D eigenvalue weighted by Gasteiger charge is -2.18. The van der Waals surface area contributed by atoms with Gasteiger partial charge in [0, 0.05) is 39.1 Å². The summed E-state index contributed by atoms with van der Waals surface area (Å²) >= 11 is 0. The van der Waals surface area contributed by atoms with Crippen molar-refractivity contribution in [2.24, 2.45) is 4.99 Å². The summed E-state index contributed by atoms with van der Waals surface area (Å²) in [6.07, 6.45) is 1.59. The van der Waals surface area contributed by atoms with Crippen LogP contribution in [0.1, 0.15) is 26.7 Å². The van der Waals surface area contributed by atoms with E-state index in [4.69, 9.17) is 0 Å². The molecule has 0 aromatic carbocycles. The maximum atomic E-state index is 11.5. The standard InChI is InChI=1S/C11H22N4O/c1-4-10(16)15-7-6-9(8-15)14-11(12-3)13-5-2/h9H,4-8H2,1-3H3,(H2,12,13,14). The molecule has 0 bridgehead atoms. The van der Waals surface area contributed by atoms with Crippen molar-refractivity contribution in [3.63, 3.8) is 0 Å². The summed E-state index contributed by atoms with van der Waals surface area (Å²) in [5, 5.41) is 6.47. The molecule has 1 atom stereocenters. The zero-order valence-corrected chi connectivity index (χ0v) is 10.4. The summed E-state index contributed by atoms with van der Waals surface area (Å²) in [6.45, 7) is 6.43. The summed E-state index contributed by atoms with van der Waals surface area (Å²) in [7, 11) is 1.76. The number of likely N-dealkylation sites (tertiary alicyclic amines) is 1. The van der Waals surface area contributed by atoms with Crippen LogP contribution in [0.3, 0.4) is 0 Å². The lowest BCUT2D eigenvalue weighted by atomic mass is 10.3. The van der Waals surface area contributed by atoms with Crippen molar-refractivity contribution in [1.82, 2.24) is 15.5 Å². The Labute approximate surface area is 97.3 Å². The van der Waals surface area contributed by atoms with E-state index in [9.17, 15) is 4.79 Å². The first kappa shape index (κ1) is 12.8. The normalized spacial score (nSPS) is 21.1. The van der Waals surface area contributed by atoms with E-state index < -0.39 is 0 Å². The molecule has 1 aliphatic heterocycles. The van der Waals surface area contributed by atoms with Gasteiger partial charge in [0.05, 0.1) is 0 Å². The molecule has 0 saturated carbocycles. The Bertz CT molecular complexity index is 265. The fraction of sp³-hybridized carbons (Fsp3) is 0.818. The van der Waals surface area contributed by atoms with Crippen LogP contribution in [0.15, 0.2) is 4.99 Å². The van der Waals surface area contributed by atoms with Crippen LogP contribution < -0.4 is 10.6 Å². The Kier molecular flexibility index (Phi) is 5.08. The third-order valence-corrected chi connectivity index (χ3v) is 2.75. The van der Waals surface area contributed by atoms with E-state index in [0.29, 0.717) is 12.5 Å². The molecule has 1 saturated heterocycles. The molecule has 5 heteroatoms. The number of hydrogen-bond acceptors (Lipinski definition) is 2. The maximum absolute atomic E-state index is 11.5. The number of nitrogens with one attached hydrogen (secondary N) is 2. The number of carbonyl (C=O) groups excluding carboxylic acids is 1. The van der Waals surface area contributed by atoms with Crippen molar-refractivity contribution in [1.29, 1.82) is 0 Å². The number of guanidine groups is 1. The highest BCUT2D eigenvalue weighted by molar-refractivity contribution is 5.80. The van der Waals surface area contributed by atoms with E-state index in [0.717, 1.165) is 32.0 Å². The minimum Gasteiger partial charge on any atom is -0.357 e. The second-order valence-electron chi connectivity index (χ2n) is 3.93. The third-order valence-electron chi connectivity index (χ3n) is 2.75. The number of rotatable bonds is 3.